The molecule has 0 aliphatic rings. The number of ether oxygens (including phenoxy) is 2. The maximum absolute atomic E-state index is 13.3. The van der Waals surface area contributed by atoms with Gasteiger partial charge in [0, 0.05) is 23.4 Å². The Balaban J connectivity index is 1.65. The molecule has 1 aromatic heterocycles. The van der Waals surface area contributed by atoms with E-state index in [1.807, 2.05) is 60.7 Å². The van der Waals surface area contributed by atoms with Gasteiger partial charge >= 0.3 is 17.7 Å². The van der Waals surface area contributed by atoms with Gasteiger partial charge in [0.2, 0.25) is 0 Å². The van der Waals surface area contributed by atoms with Crippen molar-refractivity contribution in [3.05, 3.63) is 100 Å². The minimum Gasteiger partial charge on any atom is -0.444 e. The predicted molar refractivity (Wildman–Crippen MR) is 142 cm³/mol. The van der Waals surface area contributed by atoms with E-state index in [0.717, 1.165) is 22.1 Å². The first kappa shape index (κ1) is 25.7. The summed E-state index contributed by atoms with van der Waals surface area (Å²) in [6.07, 6.45) is -0.516. The Morgan fingerprint density at radius 1 is 0.946 bits per heavy atom. The summed E-state index contributed by atoms with van der Waals surface area (Å²) >= 11 is 0. The van der Waals surface area contributed by atoms with Crippen LogP contribution in [0.5, 0.6) is 5.75 Å². The van der Waals surface area contributed by atoms with Crippen LogP contribution in [0.2, 0.25) is 0 Å². The van der Waals surface area contributed by atoms with Crippen molar-refractivity contribution in [2.45, 2.75) is 45.8 Å². The van der Waals surface area contributed by atoms with Gasteiger partial charge in [-0.2, -0.15) is 0 Å². The Morgan fingerprint density at radius 3 is 2.24 bits per heavy atom. The van der Waals surface area contributed by atoms with Gasteiger partial charge in [0.05, 0.1) is 0 Å². The number of carbonyl (C=O) groups excluding carboxylic acids is 2. The monoisotopic (exact) mass is 499 g/mol. The van der Waals surface area contributed by atoms with Crippen LogP contribution in [-0.2, 0) is 16.0 Å². The van der Waals surface area contributed by atoms with E-state index < -0.39 is 29.3 Å². The van der Waals surface area contributed by atoms with E-state index in [1.54, 1.807) is 39.8 Å². The Morgan fingerprint density at radius 2 is 1.59 bits per heavy atom. The van der Waals surface area contributed by atoms with Gasteiger partial charge in [-0.1, -0.05) is 60.7 Å². The highest BCUT2D eigenvalue weighted by Gasteiger charge is 2.27. The zero-order valence-electron chi connectivity index (χ0n) is 21.2. The van der Waals surface area contributed by atoms with Gasteiger partial charge in [-0.15, -0.1) is 0 Å². The Labute approximate surface area is 215 Å². The quantitative estimate of drug-likeness (QED) is 0.204. The number of esters is 1. The highest BCUT2D eigenvalue weighted by molar-refractivity contribution is 5.96. The van der Waals surface area contributed by atoms with Crippen LogP contribution in [0.3, 0.4) is 0 Å². The lowest BCUT2D eigenvalue weighted by molar-refractivity contribution is -0.136. The average Bonchev–Trinajstić information content (AvgIpc) is 2.85. The zero-order valence-corrected chi connectivity index (χ0v) is 21.2. The molecule has 0 saturated heterocycles. The summed E-state index contributed by atoms with van der Waals surface area (Å²) in [6.45, 7) is 6.95. The third-order valence-corrected chi connectivity index (χ3v) is 5.66. The van der Waals surface area contributed by atoms with E-state index in [1.165, 1.54) is 6.07 Å². The number of benzene rings is 3. The van der Waals surface area contributed by atoms with Gasteiger partial charge < -0.3 is 19.2 Å². The number of fused-ring (bicyclic) bond motifs is 1. The van der Waals surface area contributed by atoms with Gasteiger partial charge in [-0.3, -0.25) is 0 Å². The minimum absolute atomic E-state index is 0.207. The molecule has 4 rings (SSSR count). The standard InChI is InChI=1S/C30H29NO6/c1-19-25(16-15-22-23(18-26(32)36-27(19)22)21-13-9-6-10-14-21)35-28(33)24(17-20-11-7-5-8-12-20)31-29(34)37-30(2,3)4/h5-16,18,24H,17H2,1-4H3,(H,31,34)/t24-/m0/s1. The summed E-state index contributed by atoms with van der Waals surface area (Å²) in [5.41, 5.74) is 2.03. The molecule has 1 amide bonds. The summed E-state index contributed by atoms with van der Waals surface area (Å²) in [5, 5.41) is 3.35. The lowest BCUT2D eigenvalue weighted by Crippen LogP contribution is -2.46. The molecule has 7 nitrogen and oxygen atoms in total. The lowest BCUT2D eigenvalue weighted by Gasteiger charge is -2.23. The molecule has 0 fully saturated rings. The number of amides is 1. The Hall–Kier alpha value is -4.39. The first-order valence-corrected chi connectivity index (χ1v) is 12.0. The molecular weight excluding hydrogens is 470 g/mol. The number of nitrogens with one attached hydrogen (secondary N) is 1. The third kappa shape index (κ3) is 6.44. The average molecular weight is 500 g/mol. The van der Waals surface area contributed by atoms with E-state index >= 15 is 0 Å². The first-order chi connectivity index (χ1) is 17.6. The van der Waals surface area contributed by atoms with Crippen LogP contribution in [0.4, 0.5) is 4.79 Å². The molecule has 0 aliphatic carbocycles. The summed E-state index contributed by atoms with van der Waals surface area (Å²) in [6, 6.07) is 22.7. The molecule has 190 valence electrons. The van der Waals surface area contributed by atoms with Crippen LogP contribution in [0, 0.1) is 6.92 Å². The molecule has 1 atom stereocenters. The smallest absolute Gasteiger partial charge is 0.408 e. The van der Waals surface area contributed by atoms with Crippen LogP contribution < -0.4 is 15.7 Å². The van der Waals surface area contributed by atoms with E-state index in [9.17, 15) is 14.4 Å². The molecule has 0 spiro atoms. The van der Waals surface area contributed by atoms with E-state index in [-0.39, 0.29) is 12.2 Å². The van der Waals surface area contributed by atoms with Gasteiger partial charge in [0.15, 0.2) is 0 Å². The van der Waals surface area contributed by atoms with Gasteiger partial charge in [-0.05, 0) is 56.5 Å². The van der Waals surface area contributed by atoms with Gasteiger partial charge in [0.25, 0.3) is 0 Å². The second-order valence-electron chi connectivity index (χ2n) is 9.72. The fourth-order valence-corrected chi connectivity index (χ4v) is 3.98. The van der Waals surface area contributed by atoms with Crippen molar-refractivity contribution in [3.63, 3.8) is 0 Å². The summed E-state index contributed by atoms with van der Waals surface area (Å²) in [7, 11) is 0. The zero-order chi connectivity index (χ0) is 26.6. The molecule has 0 unspecified atom stereocenters. The molecule has 0 saturated carbocycles. The molecule has 0 radical (unpaired) electrons. The molecule has 37 heavy (non-hydrogen) atoms. The van der Waals surface area contributed by atoms with Crippen LogP contribution in [-0.4, -0.2) is 23.7 Å². The molecule has 3 aromatic carbocycles. The second kappa shape index (κ2) is 10.7. The Bertz CT molecular complexity index is 1470. The molecule has 7 heteroatoms. The van der Waals surface area contributed by atoms with Gasteiger partial charge in [-0.25, -0.2) is 14.4 Å². The number of alkyl carbamates (subject to hydrolysis) is 1. The lowest BCUT2D eigenvalue weighted by atomic mass is 10.00. The highest BCUT2D eigenvalue weighted by Crippen LogP contribution is 2.33. The third-order valence-electron chi connectivity index (χ3n) is 5.66. The first-order valence-electron chi connectivity index (χ1n) is 12.0. The number of carbonyl (C=O) groups is 2. The van der Waals surface area contributed by atoms with Crippen molar-refractivity contribution in [1.82, 2.24) is 5.32 Å². The van der Waals surface area contributed by atoms with Crippen LogP contribution in [0.1, 0.15) is 31.9 Å². The normalized spacial score (nSPS) is 12.1. The largest absolute Gasteiger partial charge is 0.444 e. The summed E-state index contributed by atoms with van der Waals surface area (Å²) < 4.78 is 16.6. The maximum atomic E-state index is 13.3. The summed E-state index contributed by atoms with van der Waals surface area (Å²) in [4.78, 5) is 38.1. The number of hydrogen-bond acceptors (Lipinski definition) is 6. The molecule has 4 aromatic rings. The Kier molecular flexibility index (Phi) is 7.43. The fourth-order valence-electron chi connectivity index (χ4n) is 3.98. The minimum atomic E-state index is -1.00. The number of rotatable bonds is 6. The van der Waals surface area contributed by atoms with Crippen molar-refractivity contribution in [2.24, 2.45) is 0 Å². The number of aryl methyl sites for hydroxylation is 1. The molecular formula is C30H29NO6. The maximum Gasteiger partial charge on any atom is 0.408 e. The molecule has 0 aliphatic heterocycles. The molecule has 1 N–H and O–H groups in total. The van der Waals surface area contributed by atoms with Crippen molar-refractivity contribution in [2.75, 3.05) is 0 Å². The van der Waals surface area contributed by atoms with Crippen molar-refractivity contribution >= 4 is 23.0 Å². The summed E-state index contributed by atoms with van der Waals surface area (Å²) in [5.74, 6) is -0.436. The van der Waals surface area contributed by atoms with E-state index in [2.05, 4.69) is 5.32 Å². The fraction of sp³-hybridized carbons (Fsp3) is 0.233. The van der Waals surface area contributed by atoms with Crippen LogP contribution in [0.25, 0.3) is 22.1 Å². The van der Waals surface area contributed by atoms with Crippen molar-refractivity contribution < 1.29 is 23.5 Å². The SMILES string of the molecule is Cc1c(OC(=O)[C@H](Cc2ccccc2)NC(=O)OC(C)(C)C)ccc2c(-c3ccccc3)cc(=O)oc12. The topological polar surface area (TPSA) is 94.8 Å². The van der Waals surface area contributed by atoms with Gasteiger partial charge in [0.1, 0.15) is 23.0 Å². The second-order valence-corrected chi connectivity index (χ2v) is 9.72. The highest BCUT2D eigenvalue weighted by atomic mass is 16.6. The van der Waals surface area contributed by atoms with E-state index in [0.29, 0.717) is 11.1 Å². The molecule has 0 bridgehead atoms. The van der Waals surface area contributed by atoms with E-state index in [4.69, 9.17) is 13.9 Å². The number of hydrogen-bond donors (Lipinski definition) is 1. The molecule has 1 heterocycles. The predicted octanol–water partition coefficient (Wildman–Crippen LogP) is 5.81. The van der Waals surface area contributed by atoms with Crippen LogP contribution in [0.15, 0.2) is 88.1 Å². The van der Waals surface area contributed by atoms with Crippen LogP contribution >= 0.6 is 0 Å². The van der Waals surface area contributed by atoms with Crippen molar-refractivity contribution in [3.8, 4) is 16.9 Å². The van der Waals surface area contributed by atoms with Crippen molar-refractivity contribution in [1.29, 1.82) is 0 Å².